The zero-order valence-electron chi connectivity index (χ0n) is 17.9. The van der Waals surface area contributed by atoms with E-state index in [0.717, 1.165) is 16.9 Å². The van der Waals surface area contributed by atoms with Crippen molar-refractivity contribution in [2.24, 2.45) is 0 Å². The van der Waals surface area contributed by atoms with Gasteiger partial charge in [-0.2, -0.15) is 11.8 Å². The predicted octanol–water partition coefficient (Wildman–Crippen LogP) is 4.99. The number of ether oxygens (including phenoxy) is 2. The Bertz CT molecular complexity index is 861. The summed E-state index contributed by atoms with van der Waals surface area (Å²) in [6, 6.07) is 15.6. The number of alkyl carbamates (subject to hydrolysis) is 1. The van der Waals surface area contributed by atoms with Gasteiger partial charge in [0.05, 0.1) is 0 Å². The molecule has 0 spiro atoms. The molecule has 1 N–H and O–H groups in total. The van der Waals surface area contributed by atoms with Crippen LogP contribution in [0.4, 0.5) is 4.79 Å². The highest BCUT2D eigenvalue weighted by molar-refractivity contribution is 7.98. The number of nitrogens with one attached hydrogen (secondary N) is 1. The molecule has 0 bridgehead atoms. The van der Waals surface area contributed by atoms with Crippen molar-refractivity contribution in [1.29, 1.82) is 0 Å². The molecule has 0 aliphatic heterocycles. The van der Waals surface area contributed by atoms with Crippen molar-refractivity contribution < 1.29 is 19.1 Å². The number of esters is 1. The molecule has 2 aromatic carbocycles. The van der Waals surface area contributed by atoms with E-state index in [1.165, 1.54) is 11.1 Å². The van der Waals surface area contributed by atoms with Gasteiger partial charge in [0.25, 0.3) is 0 Å². The van der Waals surface area contributed by atoms with Crippen LogP contribution in [0.3, 0.4) is 0 Å². The van der Waals surface area contributed by atoms with Gasteiger partial charge in [0.15, 0.2) is 0 Å². The van der Waals surface area contributed by atoms with E-state index in [-0.39, 0.29) is 12.5 Å². The van der Waals surface area contributed by atoms with Gasteiger partial charge in [-0.25, -0.2) is 9.59 Å². The molecule has 0 aromatic heterocycles. The average molecular weight is 428 g/mol. The van der Waals surface area contributed by atoms with E-state index >= 15 is 0 Å². The lowest BCUT2D eigenvalue weighted by Gasteiger charge is -2.24. The predicted molar refractivity (Wildman–Crippen MR) is 121 cm³/mol. The van der Waals surface area contributed by atoms with Gasteiger partial charge in [-0.05, 0) is 61.5 Å². The molecule has 30 heavy (non-hydrogen) atoms. The number of thioether (sulfide) groups is 1. The zero-order chi connectivity index (χ0) is 21.7. The lowest BCUT2D eigenvalue weighted by molar-refractivity contribution is -0.157. The van der Waals surface area contributed by atoms with Crippen molar-refractivity contribution in [2.45, 2.75) is 44.8 Å². The van der Waals surface area contributed by atoms with Gasteiger partial charge in [0, 0.05) is 5.92 Å². The molecule has 2 aromatic rings. The average Bonchev–Trinajstić information content (AvgIpc) is 3.02. The summed E-state index contributed by atoms with van der Waals surface area (Å²) in [6.07, 6.45) is 1.84. The summed E-state index contributed by atoms with van der Waals surface area (Å²) in [5, 5.41) is 2.70. The number of carbonyl (C=O) groups excluding carboxylic acids is 2. The van der Waals surface area contributed by atoms with E-state index in [9.17, 15) is 9.59 Å². The van der Waals surface area contributed by atoms with Crippen LogP contribution in [0.2, 0.25) is 0 Å². The molecule has 1 aliphatic carbocycles. The first-order valence-corrected chi connectivity index (χ1v) is 11.5. The lowest BCUT2D eigenvalue weighted by Crippen LogP contribution is -2.45. The molecule has 6 heteroatoms. The second-order valence-corrected chi connectivity index (χ2v) is 9.32. The summed E-state index contributed by atoms with van der Waals surface area (Å²) in [7, 11) is 0. The summed E-state index contributed by atoms with van der Waals surface area (Å²) in [4.78, 5) is 25.0. The van der Waals surface area contributed by atoms with Crippen molar-refractivity contribution in [3.63, 3.8) is 0 Å². The fourth-order valence-corrected chi connectivity index (χ4v) is 4.11. The Morgan fingerprint density at radius 2 is 1.60 bits per heavy atom. The smallest absolute Gasteiger partial charge is 0.407 e. The Labute approximate surface area is 182 Å². The molecule has 5 nitrogen and oxygen atoms in total. The highest BCUT2D eigenvalue weighted by atomic mass is 32.2. The summed E-state index contributed by atoms with van der Waals surface area (Å²) in [5.41, 5.74) is 4.04. The van der Waals surface area contributed by atoms with Crippen LogP contribution in [0.5, 0.6) is 0 Å². The minimum atomic E-state index is -0.729. The summed E-state index contributed by atoms with van der Waals surface area (Å²) >= 11 is 1.61. The number of hydrogen-bond donors (Lipinski definition) is 1. The third-order valence-electron chi connectivity index (χ3n) is 4.94. The molecular weight excluding hydrogens is 398 g/mol. The fraction of sp³-hybridized carbons (Fsp3) is 0.417. The normalized spacial score (nSPS) is 13.9. The van der Waals surface area contributed by atoms with Crippen molar-refractivity contribution in [2.75, 3.05) is 18.6 Å². The Balaban J connectivity index is 1.66. The number of amides is 1. The van der Waals surface area contributed by atoms with Crippen molar-refractivity contribution in [3.05, 3.63) is 59.7 Å². The monoisotopic (exact) mass is 427 g/mol. The molecule has 1 atom stereocenters. The van der Waals surface area contributed by atoms with Crippen LogP contribution < -0.4 is 5.32 Å². The van der Waals surface area contributed by atoms with Crippen LogP contribution in [0.1, 0.15) is 44.2 Å². The Hall–Kier alpha value is -2.47. The first-order chi connectivity index (χ1) is 14.3. The van der Waals surface area contributed by atoms with Crippen LogP contribution in [-0.4, -0.2) is 42.3 Å². The highest BCUT2D eigenvalue weighted by Crippen LogP contribution is 2.44. The molecule has 0 saturated carbocycles. The van der Waals surface area contributed by atoms with Crippen LogP contribution in [-0.2, 0) is 14.3 Å². The molecule has 0 unspecified atom stereocenters. The van der Waals surface area contributed by atoms with Gasteiger partial charge in [-0.3, -0.25) is 0 Å². The Morgan fingerprint density at radius 1 is 1.03 bits per heavy atom. The molecule has 0 heterocycles. The van der Waals surface area contributed by atoms with Crippen LogP contribution in [0.15, 0.2) is 48.5 Å². The molecule has 160 valence electrons. The molecule has 1 amide bonds. The second kappa shape index (κ2) is 9.56. The molecule has 0 fully saturated rings. The molecule has 0 saturated heterocycles. The van der Waals surface area contributed by atoms with Gasteiger partial charge < -0.3 is 14.8 Å². The number of benzene rings is 2. The standard InChI is InChI=1S/C24H29NO4S/c1-24(2,3)29-22(26)21(13-14-30-4)25-23(27)28-15-20-18-11-7-5-9-16(18)17-10-6-8-12-19(17)20/h5-12,20-21H,13-15H2,1-4H3,(H,25,27)/t21-/m0/s1. The Kier molecular flexibility index (Phi) is 7.08. The highest BCUT2D eigenvalue weighted by Gasteiger charge is 2.30. The quantitative estimate of drug-likeness (QED) is 0.631. The van der Waals surface area contributed by atoms with Gasteiger partial charge >= 0.3 is 12.1 Å². The SMILES string of the molecule is CSCC[C@H](NC(=O)OCC1c2ccccc2-c2ccccc21)C(=O)OC(C)(C)C. The first-order valence-electron chi connectivity index (χ1n) is 10.1. The molecule has 3 rings (SSSR count). The summed E-state index contributed by atoms with van der Waals surface area (Å²) < 4.78 is 11.0. The van der Waals surface area contributed by atoms with E-state index in [4.69, 9.17) is 9.47 Å². The number of rotatable bonds is 7. The van der Waals surface area contributed by atoms with Crippen LogP contribution in [0.25, 0.3) is 11.1 Å². The summed E-state index contributed by atoms with van der Waals surface area (Å²) in [6.45, 7) is 5.64. The maximum Gasteiger partial charge on any atom is 0.407 e. The van der Waals surface area contributed by atoms with E-state index in [2.05, 4.69) is 29.6 Å². The fourth-order valence-electron chi connectivity index (χ4n) is 3.64. The van der Waals surface area contributed by atoms with Crippen molar-refractivity contribution >= 4 is 23.8 Å². The minimum Gasteiger partial charge on any atom is -0.458 e. The maximum atomic E-state index is 12.5. The molecular formula is C24H29NO4S. The largest absolute Gasteiger partial charge is 0.458 e. The number of fused-ring (bicyclic) bond motifs is 3. The van der Waals surface area contributed by atoms with Gasteiger partial charge in [-0.15, -0.1) is 0 Å². The molecule has 1 aliphatic rings. The van der Waals surface area contributed by atoms with Crippen LogP contribution in [0, 0.1) is 0 Å². The molecule has 0 radical (unpaired) electrons. The topological polar surface area (TPSA) is 64.6 Å². The number of carbonyl (C=O) groups is 2. The van der Waals surface area contributed by atoms with E-state index in [1.54, 1.807) is 11.8 Å². The third-order valence-corrected chi connectivity index (χ3v) is 5.58. The number of hydrogen-bond acceptors (Lipinski definition) is 5. The second-order valence-electron chi connectivity index (χ2n) is 8.34. The van der Waals surface area contributed by atoms with E-state index in [0.29, 0.717) is 6.42 Å². The van der Waals surface area contributed by atoms with Crippen LogP contribution >= 0.6 is 11.8 Å². The van der Waals surface area contributed by atoms with Crippen molar-refractivity contribution in [3.8, 4) is 11.1 Å². The minimum absolute atomic E-state index is 0.0191. The van der Waals surface area contributed by atoms with E-state index in [1.807, 2.05) is 51.3 Å². The summed E-state index contributed by atoms with van der Waals surface area (Å²) in [5.74, 6) is 0.271. The van der Waals surface area contributed by atoms with Crippen molar-refractivity contribution in [1.82, 2.24) is 5.32 Å². The zero-order valence-corrected chi connectivity index (χ0v) is 18.8. The first kappa shape index (κ1) is 22.2. The van der Waals surface area contributed by atoms with Gasteiger partial charge in [-0.1, -0.05) is 48.5 Å². The third kappa shape index (κ3) is 5.36. The maximum absolute atomic E-state index is 12.5. The van der Waals surface area contributed by atoms with Gasteiger partial charge in [0.1, 0.15) is 18.2 Å². The Morgan fingerprint density at radius 3 is 2.13 bits per heavy atom. The lowest BCUT2D eigenvalue weighted by atomic mass is 9.98. The van der Waals surface area contributed by atoms with E-state index < -0.39 is 23.7 Å². The van der Waals surface area contributed by atoms with Gasteiger partial charge in [0.2, 0.25) is 0 Å².